The zero-order valence-corrected chi connectivity index (χ0v) is 14.2. The average Bonchev–Trinajstić information content (AvgIpc) is 2.85. The van der Waals surface area contributed by atoms with Crippen LogP contribution in [0.4, 0.5) is 0 Å². The molecular formula is C17H22N2O3S. The third-order valence-corrected chi connectivity index (χ3v) is 5.00. The van der Waals surface area contributed by atoms with Crippen LogP contribution in [0.2, 0.25) is 0 Å². The molecule has 0 saturated heterocycles. The van der Waals surface area contributed by atoms with Crippen molar-refractivity contribution in [2.45, 2.75) is 32.9 Å². The summed E-state index contributed by atoms with van der Waals surface area (Å²) in [6.45, 7) is 4.43. The van der Waals surface area contributed by atoms with Crippen LogP contribution in [0.1, 0.15) is 25.8 Å². The van der Waals surface area contributed by atoms with Gasteiger partial charge in [0.1, 0.15) is 10.7 Å². The van der Waals surface area contributed by atoms with E-state index in [1.165, 1.54) is 0 Å². The highest BCUT2D eigenvalue weighted by molar-refractivity contribution is 8.04. The van der Waals surface area contributed by atoms with Crippen molar-refractivity contribution in [2.24, 2.45) is 5.92 Å². The maximum absolute atomic E-state index is 11.9. The quantitative estimate of drug-likeness (QED) is 0.715. The molecule has 2 unspecified atom stereocenters. The van der Waals surface area contributed by atoms with Crippen molar-refractivity contribution in [1.82, 2.24) is 10.6 Å². The second-order valence-corrected chi connectivity index (χ2v) is 6.59. The van der Waals surface area contributed by atoms with Gasteiger partial charge in [0.25, 0.3) is 5.91 Å². The predicted octanol–water partition coefficient (Wildman–Crippen LogP) is 2.35. The summed E-state index contributed by atoms with van der Waals surface area (Å²) < 4.78 is 0. The lowest BCUT2D eigenvalue weighted by molar-refractivity contribution is -0.118. The van der Waals surface area contributed by atoms with Gasteiger partial charge in [0, 0.05) is 6.54 Å². The number of hydrogen-bond acceptors (Lipinski definition) is 4. The topological polar surface area (TPSA) is 78.4 Å². The van der Waals surface area contributed by atoms with E-state index in [1.807, 2.05) is 44.2 Å². The molecule has 0 bridgehead atoms. The largest absolute Gasteiger partial charge is 0.509 e. The third-order valence-electron chi connectivity index (χ3n) is 3.91. The van der Waals surface area contributed by atoms with E-state index in [4.69, 9.17) is 0 Å². The molecule has 0 saturated carbocycles. The summed E-state index contributed by atoms with van der Waals surface area (Å²) >= 11 is 1.08. The zero-order chi connectivity index (χ0) is 16.8. The van der Waals surface area contributed by atoms with Gasteiger partial charge in [-0.3, -0.25) is 9.59 Å². The molecule has 0 spiro atoms. The van der Waals surface area contributed by atoms with Crippen molar-refractivity contribution < 1.29 is 14.7 Å². The first-order valence-electron chi connectivity index (χ1n) is 7.70. The molecule has 0 aromatic heterocycles. The fourth-order valence-corrected chi connectivity index (χ4v) is 3.15. The van der Waals surface area contributed by atoms with Crippen molar-refractivity contribution >= 4 is 23.6 Å². The fraction of sp³-hybridized carbons (Fsp3) is 0.412. The molecule has 124 valence electrons. The van der Waals surface area contributed by atoms with Gasteiger partial charge in [-0.05, 0) is 11.5 Å². The molecule has 0 fully saturated rings. The van der Waals surface area contributed by atoms with Crippen LogP contribution in [0, 0.1) is 5.92 Å². The van der Waals surface area contributed by atoms with E-state index in [9.17, 15) is 14.7 Å². The van der Waals surface area contributed by atoms with E-state index in [1.54, 1.807) is 0 Å². The number of benzene rings is 1. The van der Waals surface area contributed by atoms with Crippen molar-refractivity contribution in [2.75, 3.05) is 5.75 Å². The van der Waals surface area contributed by atoms with Gasteiger partial charge < -0.3 is 15.7 Å². The van der Waals surface area contributed by atoms with Crippen LogP contribution >= 0.6 is 11.8 Å². The van der Waals surface area contributed by atoms with Crippen LogP contribution in [0.5, 0.6) is 0 Å². The van der Waals surface area contributed by atoms with Gasteiger partial charge in [0.05, 0.1) is 11.8 Å². The van der Waals surface area contributed by atoms with Crippen molar-refractivity contribution in [3.8, 4) is 0 Å². The molecule has 2 amide bonds. The summed E-state index contributed by atoms with van der Waals surface area (Å²) in [7, 11) is 0. The minimum Gasteiger partial charge on any atom is -0.509 e. The first-order chi connectivity index (χ1) is 11.0. The Morgan fingerprint density at radius 1 is 1.39 bits per heavy atom. The van der Waals surface area contributed by atoms with Crippen molar-refractivity contribution in [3.63, 3.8) is 0 Å². The summed E-state index contributed by atoms with van der Waals surface area (Å²) in [5.74, 6) is -0.144. The lowest BCUT2D eigenvalue weighted by atomic mass is 9.99. The van der Waals surface area contributed by atoms with Gasteiger partial charge in [-0.2, -0.15) is 0 Å². The number of amides is 2. The molecule has 23 heavy (non-hydrogen) atoms. The van der Waals surface area contributed by atoms with Gasteiger partial charge in [-0.15, -0.1) is 11.8 Å². The first kappa shape index (κ1) is 17.4. The Morgan fingerprint density at radius 3 is 2.74 bits per heavy atom. The highest BCUT2D eigenvalue weighted by Crippen LogP contribution is 2.29. The van der Waals surface area contributed by atoms with Crippen molar-refractivity contribution in [1.29, 1.82) is 0 Å². The molecule has 6 heteroatoms. The minimum atomic E-state index is -0.345. The Morgan fingerprint density at radius 2 is 2.09 bits per heavy atom. The first-order valence-corrected chi connectivity index (χ1v) is 8.68. The molecule has 2 rings (SSSR count). The second-order valence-electron chi connectivity index (χ2n) is 5.60. The summed E-state index contributed by atoms with van der Waals surface area (Å²) in [6.07, 6.45) is 0.852. The second kappa shape index (κ2) is 8.06. The van der Waals surface area contributed by atoms with Gasteiger partial charge in [0.15, 0.2) is 0 Å². The molecule has 3 N–H and O–H groups in total. The molecule has 1 aromatic rings. The number of carbonyl (C=O) groups is 2. The summed E-state index contributed by atoms with van der Waals surface area (Å²) in [5, 5.41) is 15.8. The number of rotatable bonds is 7. The maximum Gasteiger partial charge on any atom is 0.261 e. The van der Waals surface area contributed by atoms with Gasteiger partial charge >= 0.3 is 0 Å². The van der Waals surface area contributed by atoms with Gasteiger partial charge in [-0.25, -0.2) is 0 Å². The Bertz CT molecular complexity index is 601. The van der Waals surface area contributed by atoms with Gasteiger partial charge in [0.2, 0.25) is 5.91 Å². The van der Waals surface area contributed by atoms with Crippen LogP contribution in [0.3, 0.4) is 0 Å². The average molecular weight is 334 g/mol. The number of aliphatic hydroxyl groups excluding tert-OH is 1. The van der Waals surface area contributed by atoms with Crippen LogP contribution in [0.15, 0.2) is 41.0 Å². The molecule has 1 aliphatic rings. The van der Waals surface area contributed by atoms with Crippen LogP contribution in [-0.2, 0) is 16.1 Å². The lowest BCUT2D eigenvalue weighted by Crippen LogP contribution is -2.34. The highest BCUT2D eigenvalue weighted by Gasteiger charge is 2.34. The van der Waals surface area contributed by atoms with Crippen LogP contribution in [-0.4, -0.2) is 28.7 Å². The SMILES string of the molecule is CCC(C)C1NC(=O)C(SCC(=O)NCc2ccccc2)=C1O. The third kappa shape index (κ3) is 4.51. The van der Waals surface area contributed by atoms with E-state index in [-0.39, 0.29) is 40.2 Å². The number of hydrogen-bond donors (Lipinski definition) is 3. The summed E-state index contributed by atoms with van der Waals surface area (Å²) in [4.78, 5) is 24.1. The van der Waals surface area contributed by atoms with Gasteiger partial charge in [-0.1, -0.05) is 50.6 Å². The molecular weight excluding hydrogens is 312 g/mol. The number of thioether (sulfide) groups is 1. The monoisotopic (exact) mass is 334 g/mol. The Hall–Kier alpha value is -1.95. The molecule has 5 nitrogen and oxygen atoms in total. The molecule has 2 atom stereocenters. The maximum atomic E-state index is 11.9. The van der Waals surface area contributed by atoms with E-state index in [2.05, 4.69) is 10.6 Å². The Kier molecular flexibility index (Phi) is 6.10. The van der Waals surface area contributed by atoms with E-state index in [0.717, 1.165) is 23.7 Å². The van der Waals surface area contributed by atoms with E-state index >= 15 is 0 Å². The summed E-state index contributed by atoms with van der Waals surface area (Å²) in [6, 6.07) is 9.27. The molecule has 1 aliphatic heterocycles. The molecule has 1 heterocycles. The van der Waals surface area contributed by atoms with Crippen molar-refractivity contribution in [3.05, 3.63) is 46.6 Å². The van der Waals surface area contributed by atoms with Crippen LogP contribution < -0.4 is 10.6 Å². The van der Waals surface area contributed by atoms with E-state index < -0.39 is 0 Å². The lowest BCUT2D eigenvalue weighted by Gasteiger charge is -2.17. The molecule has 0 radical (unpaired) electrons. The highest BCUT2D eigenvalue weighted by atomic mass is 32.2. The Labute approximate surface area is 140 Å². The zero-order valence-electron chi connectivity index (χ0n) is 13.3. The number of carbonyl (C=O) groups excluding carboxylic acids is 2. The summed E-state index contributed by atoms with van der Waals surface area (Å²) in [5.41, 5.74) is 1.02. The minimum absolute atomic E-state index is 0.0604. The normalized spacial score (nSPS) is 18.7. The molecule has 0 aliphatic carbocycles. The smallest absolute Gasteiger partial charge is 0.261 e. The van der Waals surface area contributed by atoms with E-state index in [0.29, 0.717) is 6.54 Å². The number of nitrogens with one attached hydrogen (secondary N) is 2. The predicted molar refractivity (Wildman–Crippen MR) is 91.8 cm³/mol. The van der Waals surface area contributed by atoms with Crippen LogP contribution in [0.25, 0.3) is 0 Å². The standard InChI is InChI=1S/C17H22N2O3S/c1-3-11(2)14-15(21)16(17(22)19-14)23-10-13(20)18-9-12-7-5-4-6-8-12/h4-8,11,14,21H,3,9-10H2,1-2H3,(H,18,20)(H,19,22). The number of aliphatic hydroxyl groups is 1. The fourth-order valence-electron chi connectivity index (χ4n) is 2.30. The molecule has 1 aromatic carbocycles. The Balaban J connectivity index is 1.86.